The molecule has 0 unspecified atom stereocenters. The van der Waals surface area contributed by atoms with E-state index in [4.69, 9.17) is 0 Å². The first-order chi connectivity index (χ1) is 20.4. The van der Waals surface area contributed by atoms with Crippen LogP contribution in [0.25, 0.3) is 11.1 Å². The Morgan fingerprint density at radius 1 is 0.690 bits per heavy atom. The van der Waals surface area contributed by atoms with Crippen molar-refractivity contribution in [2.45, 2.75) is 74.0 Å². The molecule has 0 bridgehead atoms. The van der Waals surface area contributed by atoms with E-state index in [1.807, 2.05) is 18.2 Å². The van der Waals surface area contributed by atoms with Gasteiger partial charge in [-0.3, -0.25) is 9.59 Å². The van der Waals surface area contributed by atoms with Crippen molar-refractivity contribution in [3.05, 3.63) is 107 Å². The minimum Gasteiger partial charge on any atom is -0.507 e. The maximum atomic E-state index is 13.5. The van der Waals surface area contributed by atoms with Crippen molar-refractivity contribution in [3.63, 3.8) is 0 Å². The Labute approximate surface area is 251 Å². The van der Waals surface area contributed by atoms with Crippen LogP contribution in [0.4, 0.5) is 0 Å². The van der Waals surface area contributed by atoms with Crippen molar-refractivity contribution in [1.29, 1.82) is 0 Å². The number of hydrogen-bond donors (Lipinski definition) is 2. The van der Waals surface area contributed by atoms with E-state index in [0.717, 1.165) is 16.4 Å². The van der Waals surface area contributed by atoms with E-state index in [9.17, 15) is 19.8 Å². The molecule has 6 rings (SSSR count). The van der Waals surface area contributed by atoms with E-state index in [0.29, 0.717) is 10.8 Å². The third-order valence-corrected chi connectivity index (χ3v) is 10.0. The molecule has 0 spiro atoms. The fourth-order valence-electron chi connectivity index (χ4n) is 6.60. The summed E-state index contributed by atoms with van der Waals surface area (Å²) < 4.78 is 0. The number of phenolic OH excluding ortho intramolecular Hbond substituents is 2. The second kappa shape index (κ2) is 12.2. The van der Waals surface area contributed by atoms with Gasteiger partial charge < -0.3 is 10.2 Å². The second-order valence-corrected chi connectivity index (χ2v) is 12.8. The summed E-state index contributed by atoms with van der Waals surface area (Å²) in [5.74, 6) is 0.0482. The number of fused-ring (bicyclic) bond motifs is 2. The van der Waals surface area contributed by atoms with Gasteiger partial charge in [-0.2, -0.15) is 0 Å². The van der Waals surface area contributed by atoms with Crippen LogP contribution in [0.1, 0.15) is 102 Å². The fraction of sp³-hybridized carbons (Fsp3) is 0.297. The largest absolute Gasteiger partial charge is 0.507 e. The predicted molar refractivity (Wildman–Crippen MR) is 168 cm³/mol. The lowest BCUT2D eigenvalue weighted by molar-refractivity contribution is 0.0972. The molecule has 0 atom stereocenters. The first kappa shape index (κ1) is 28.3. The monoisotopic (exact) mass is 576 g/mol. The lowest BCUT2D eigenvalue weighted by Gasteiger charge is -2.29. The summed E-state index contributed by atoms with van der Waals surface area (Å²) in [7, 11) is 0. The molecule has 4 aromatic rings. The number of carbonyl (C=O) groups is 2. The van der Waals surface area contributed by atoms with Gasteiger partial charge in [0.2, 0.25) is 0 Å². The van der Waals surface area contributed by atoms with Crippen molar-refractivity contribution in [3.8, 4) is 22.6 Å². The fourth-order valence-corrected chi connectivity index (χ4v) is 7.57. The van der Waals surface area contributed by atoms with Crippen LogP contribution in [-0.4, -0.2) is 21.8 Å². The number of rotatable bonds is 8. The molecule has 1 fully saturated rings. The summed E-state index contributed by atoms with van der Waals surface area (Å²) in [6, 6.07) is 24.9. The highest BCUT2D eigenvalue weighted by atomic mass is 32.2. The molecule has 2 aliphatic carbocycles. The minimum absolute atomic E-state index is 0.139. The van der Waals surface area contributed by atoms with Crippen LogP contribution >= 0.6 is 11.8 Å². The molecule has 214 valence electrons. The molecular formula is C37H36O4S. The van der Waals surface area contributed by atoms with E-state index < -0.39 is 11.6 Å². The first-order valence-electron chi connectivity index (χ1n) is 15.1. The average molecular weight is 577 g/mol. The summed E-state index contributed by atoms with van der Waals surface area (Å²) in [6.07, 6.45) is 10.8. The molecule has 1 saturated carbocycles. The summed E-state index contributed by atoms with van der Waals surface area (Å²) in [5.41, 5.74) is 3.97. The molecule has 0 radical (unpaired) electrons. The zero-order valence-electron chi connectivity index (χ0n) is 23.9. The van der Waals surface area contributed by atoms with Gasteiger partial charge in [0.05, 0.1) is 11.1 Å². The van der Waals surface area contributed by atoms with Crippen LogP contribution in [0.3, 0.4) is 0 Å². The maximum absolute atomic E-state index is 13.5. The SMILES string of the molecule is CCCCCC1CCC(c2ccc(-c3ccc(Sc4cccc5c4C(=O)c4c(O)ccc(O)c4C5=O)cc3)cc2)CC1. The van der Waals surface area contributed by atoms with Crippen LogP contribution in [0.5, 0.6) is 11.5 Å². The van der Waals surface area contributed by atoms with Gasteiger partial charge in [-0.15, -0.1) is 0 Å². The van der Waals surface area contributed by atoms with Crippen molar-refractivity contribution in [1.82, 2.24) is 0 Å². The number of carbonyl (C=O) groups excluding carboxylic acids is 2. The normalized spacial score (nSPS) is 18.0. The molecule has 5 heteroatoms. The lowest BCUT2D eigenvalue weighted by atomic mass is 9.77. The Morgan fingerprint density at radius 2 is 1.31 bits per heavy atom. The van der Waals surface area contributed by atoms with E-state index in [1.165, 1.54) is 86.4 Å². The zero-order valence-corrected chi connectivity index (χ0v) is 24.8. The van der Waals surface area contributed by atoms with E-state index in [2.05, 4.69) is 43.3 Å². The Balaban J connectivity index is 1.15. The number of phenols is 2. The van der Waals surface area contributed by atoms with E-state index >= 15 is 0 Å². The van der Waals surface area contributed by atoms with Crippen molar-refractivity contribution < 1.29 is 19.8 Å². The van der Waals surface area contributed by atoms with Gasteiger partial charge in [0.15, 0.2) is 11.6 Å². The molecule has 0 heterocycles. The maximum Gasteiger partial charge on any atom is 0.199 e. The smallest absolute Gasteiger partial charge is 0.199 e. The Kier molecular flexibility index (Phi) is 8.21. The molecule has 0 aromatic heterocycles. The summed E-state index contributed by atoms with van der Waals surface area (Å²) in [4.78, 5) is 28.2. The van der Waals surface area contributed by atoms with E-state index in [-0.39, 0.29) is 33.8 Å². The van der Waals surface area contributed by atoms with Gasteiger partial charge in [-0.05, 0) is 84.5 Å². The Morgan fingerprint density at radius 3 is 1.95 bits per heavy atom. The van der Waals surface area contributed by atoms with Crippen molar-refractivity contribution in [2.75, 3.05) is 0 Å². The van der Waals surface area contributed by atoms with Gasteiger partial charge in [-0.1, -0.05) is 92.9 Å². The molecule has 0 saturated heterocycles. The van der Waals surface area contributed by atoms with Gasteiger partial charge in [-0.25, -0.2) is 0 Å². The highest BCUT2D eigenvalue weighted by Gasteiger charge is 2.36. The van der Waals surface area contributed by atoms with Gasteiger partial charge in [0.25, 0.3) is 0 Å². The van der Waals surface area contributed by atoms with Crippen LogP contribution < -0.4 is 0 Å². The molecule has 2 aliphatic rings. The first-order valence-corrected chi connectivity index (χ1v) is 15.9. The minimum atomic E-state index is -0.464. The van der Waals surface area contributed by atoms with Crippen molar-refractivity contribution in [2.24, 2.45) is 5.92 Å². The third-order valence-electron chi connectivity index (χ3n) is 8.97. The zero-order chi connectivity index (χ0) is 29.2. The molecule has 2 N–H and O–H groups in total. The topological polar surface area (TPSA) is 74.6 Å². The number of unbranched alkanes of at least 4 members (excludes halogenated alkanes) is 2. The lowest BCUT2D eigenvalue weighted by Crippen LogP contribution is -2.22. The summed E-state index contributed by atoms with van der Waals surface area (Å²) >= 11 is 1.41. The highest BCUT2D eigenvalue weighted by Crippen LogP contribution is 2.42. The average Bonchev–Trinajstić information content (AvgIpc) is 3.02. The quantitative estimate of drug-likeness (QED) is 0.142. The molecule has 42 heavy (non-hydrogen) atoms. The number of benzene rings is 4. The van der Waals surface area contributed by atoms with Crippen LogP contribution in [0.15, 0.2) is 88.7 Å². The third kappa shape index (κ3) is 5.50. The standard InChI is InChI=1S/C37H36O4S/c1-2-3-4-6-23-9-11-24(12-10-23)25-13-15-26(16-14-25)27-17-19-28(20-18-27)42-32-8-5-7-29-33(32)37(41)35-31(39)22-21-30(38)34(35)36(29)40/h5,7-8,13-24,38-39H,2-4,6,9-12H2,1H3. The van der Waals surface area contributed by atoms with Gasteiger partial charge in [0.1, 0.15) is 11.5 Å². The second-order valence-electron chi connectivity index (χ2n) is 11.7. The van der Waals surface area contributed by atoms with Crippen LogP contribution in [0, 0.1) is 5.92 Å². The van der Waals surface area contributed by atoms with Crippen LogP contribution in [-0.2, 0) is 0 Å². The molecule has 0 aliphatic heterocycles. The molecule has 4 aromatic carbocycles. The number of aromatic hydroxyl groups is 2. The van der Waals surface area contributed by atoms with E-state index in [1.54, 1.807) is 12.1 Å². The highest BCUT2D eigenvalue weighted by molar-refractivity contribution is 7.99. The van der Waals surface area contributed by atoms with Crippen molar-refractivity contribution >= 4 is 23.3 Å². The molecule has 0 amide bonds. The Bertz CT molecular complexity index is 1610. The number of ketones is 2. The molecule has 4 nitrogen and oxygen atoms in total. The van der Waals surface area contributed by atoms with Gasteiger partial charge >= 0.3 is 0 Å². The summed E-state index contributed by atoms with van der Waals surface area (Å²) in [5, 5.41) is 20.6. The summed E-state index contributed by atoms with van der Waals surface area (Å²) in [6.45, 7) is 2.28. The van der Waals surface area contributed by atoms with Gasteiger partial charge in [0, 0.05) is 20.9 Å². The predicted octanol–water partition coefficient (Wildman–Crippen LogP) is 9.55. The number of hydrogen-bond acceptors (Lipinski definition) is 5. The van der Waals surface area contributed by atoms with Crippen LogP contribution in [0.2, 0.25) is 0 Å². The Hall–Kier alpha value is -3.83. The molecular weight excluding hydrogens is 540 g/mol.